The number of ketones is 1. The number of benzene rings is 1. The van der Waals surface area contributed by atoms with Crippen molar-refractivity contribution in [2.45, 2.75) is 39.8 Å². The van der Waals surface area contributed by atoms with Gasteiger partial charge in [-0.05, 0) is 49.1 Å². The van der Waals surface area contributed by atoms with E-state index in [2.05, 4.69) is 35.6 Å². The summed E-state index contributed by atoms with van der Waals surface area (Å²) in [5.74, 6) is 0.258. The predicted octanol–water partition coefficient (Wildman–Crippen LogP) is 2.97. The Labute approximate surface area is 138 Å². The van der Waals surface area contributed by atoms with Gasteiger partial charge in [-0.3, -0.25) is 4.90 Å². The Morgan fingerprint density at radius 2 is 1.96 bits per heavy atom. The van der Waals surface area contributed by atoms with Crippen LogP contribution in [0.3, 0.4) is 0 Å². The van der Waals surface area contributed by atoms with E-state index in [1.54, 1.807) is 14.0 Å². The van der Waals surface area contributed by atoms with Crippen molar-refractivity contribution in [2.75, 3.05) is 20.3 Å². The first-order valence-corrected chi connectivity index (χ1v) is 8.31. The van der Waals surface area contributed by atoms with Gasteiger partial charge in [-0.15, -0.1) is 0 Å². The van der Waals surface area contributed by atoms with Gasteiger partial charge in [0, 0.05) is 56.8 Å². The molecule has 4 heteroatoms. The molecule has 0 spiro atoms. The second-order valence-electron chi connectivity index (χ2n) is 6.67. The van der Waals surface area contributed by atoms with Gasteiger partial charge < -0.3 is 14.1 Å². The minimum absolute atomic E-state index is 0.258. The molecule has 0 amide bonds. The molecule has 3 rings (SSSR count). The Kier molecular flexibility index (Phi) is 4.55. The van der Waals surface area contributed by atoms with Gasteiger partial charge in [-0.25, -0.2) is 0 Å². The van der Waals surface area contributed by atoms with Gasteiger partial charge in [0.15, 0.2) is 0 Å². The van der Waals surface area contributed by atoms with E-state index in [4.69, 9.17) is 4.74 Å². The van der Waals surface area contributed by atoms with Gasteiger partial charge in [0.2, 0.25) is 0 Å². The zero-order chi connectivity index (χ0) is 16.6. The number of carbonyl (C=O) groups is 1. The van der Waals surface area contributed by atoms with Crippen molar-refractivity contribution in [2.24, 2.45) is 7.05 Å². The lowest BCUT2D eigenvalue weighted by Crippen LogP contribution is -2.21. The summed E-state index contributed by atoms with van der Waals surface area (Å²) >= 11 is 0. The summed E-state index contributed by atoms with van der Waals surface area (Å²) in [6.07, 6.45) is 1.46. The van der Waals surface area contributed by atoms with Crippen molar-refractivity contribution in [3.63, 3.8) is 0 Å². The molecule has 4 nitrogen and oxygen atoms in total. The lowest BCUT2D eigenvalue weighted by molar-refractivity contribution is -0.116. The summed E-state index contributed by atoms with van der Waals surface area (Å²) in [4.78, 5) is 13.8. The van der Waals surface area contributed by atoms with Crippen LogP contribution in [-0.4, -0.2) is 35.5 Å². The summed E-state index contributed by atoms with van der Waals surface area (Å²) in [7, 11) is 3.88. The van der Waals surface area contributed by atoms with Crippen molar-refractivity contribution in [1.29, 1.82) is 0 Å². The molecule has 0 saturated carbocycles. The molecule has 0 bridgehead atoms. The van der Waals surface area contributed by atoms with Gasteiger partial charge in [0.25, 0.3) is 0 Å². The largest absolute Gasteiger partial charge is 0.383 e. The average molecular weight is 314 g/mol. The third-order valence-corrected chi connectivity index (χ3v) is 5.07. The van der Waals surface area contributed by atoms with Gasteiger partial charge in [0.05, 0.1) is 6.61 Å². The van der Waals surface area contributed by atoms with E-state index in [-0.39, 0.29) is 5.78 Å². The van der Waals surface area contributed by atoms with E-state index < -0.39 is 0 Å². The van der Waals surface area contributed by atoms with Crippen LogP contribution in [0, 0.1) is 6.92 Å². The molecule has 1 aromatic carbocycles. The Morgan fingerprint density at radius 3 is 2.61 bits per heavy atom. The molecule has 0 unspecified atom stereocenters. The van der Waals surface area contributed by atoms with Gasteiger partial charge in [-0.2, -0.15) is 0 Å². The molecule has 0 radical (unpaired) electrons. The molecule has 1 aromatic heterocycles. The number of Topliss-reactive ketones (excluding diaryl/α,β-unsaturated/α-hetero) is 1. The van der Waals surface area contributed by atoms with Crippen LogP contribution in [0.2, 0.25) is 0 Å². The standard InChI is InChI=1S/C19H26N2O2/c1-13(22)5-6-17-14(2)20(3)19-10-16-12-21(7-8-23-4)11-15(16)9-18(17)19/h9-10H,5-8,11-12H2,1-4H3. The molecular formula is C19H26N2O2. The normalized spacial score (nSPS) is 14.6. The smallest absolute Gasteiger partial charge is 0.130 e. The van der Waals surface area contributed by atoms with Gasteiger partial charge in [0.1, 0.15) is 5.78 Å². The van der Waals surface area contributed by atoms with Gasteiger partial charge in [-0.1, -0.05) is 0 Å². The fraction of sp³-hybridized carbons (Fsp3) is 0.526. The number of hydrogen-bond acceptors (Lipinski definition) is 3. The Morgan fingerprint density at radius 1 is 1.26 bits per heavy atom. The summed E-state index contributed by atoms with van der Waals surface area (Å²) < 4.78 is 7.46. The molecule has 2 heterocycles. The molecule has 1 aliphatic heterocycles. The topological polar surface area (TPSA) is 34.5 Å². The molecule has 0 N–H and O–H groups in total. The summed E-state index contributed by atoms with van der Waals surface area (Å²) in [5, 5.41) is 1.32. The quantitative estimate of drug-likeness (QED) is 0.822. The Hall–Kier alpha value is -1.65. The average Bonchev–Trinajstić information content (AvgIpc) is 3.01. The van der Waals surface area contributed by atoms with Gasteiger partial charge >= 0.3 is 0 Å². The molecule has 23 heavy (non-hydrogen) atoms. The van der Waals surface area contributed by atoms with Crippen LogP contribution in [0.15, 0.2) is 12.1 Å². The molecule has 0 fully saturated rings. The molecule has 124 valence electrons. The fourth-order valence-corrected chi connectivity index (χ4v) is 3.60. The lowest BCUT2D eigenvalue weighted by Gasteiger charge is -2.13. The third kappa shape index (κ3) is 3.06. The molecule has 1 aliphatic rings. The molecular weight excluding hydrogens is 288 g/mol. The maximum atomic E-state index is 11.4. The van der Waals surface area contributed by atoms with Crippen LogP contribution in [0.5, 0.6) is 0 Å². The predicted molar refractivity (Wildman–Crippen MR) is 92.6 cm³/mol. The Bertz CT molecular complexity index is 746. The van der Waals surface area contributed by atoms with E-state index in [0.29, 0.717) is 6.42 Å². The van der Waals surface area contributed by atoms with Crippen molar-refractivity contribution in [3.05, 3.63) is 34.5 Å². The Balaban J connectivity index is 1.95. The second-order valence-corrected chi connectivity index (χ2v) is 6.67. The minimum atomic E-state index is 0.258. The highest BCUT2D eigenvalue weighted by Gasteiger charge is 2.22. The fourth-order valence-electron chi connectivity index (χ4n) is 3.60. The van der Waals surface area contributed by atoms with Crippen molar-refractivity contribution in [1.82, 2.24) is 9.47 Å². The second kappa shape index (κ2) is 6.46. The van der Waals surface area contributed by atoms with Crippen LogP contribution in [0.25, 0.3) is 10.9 Å². The molecule has 0 saturated heterocycles. The number of ether oxygens (including phenoxy) is 1. The summed E-state index contributed by atoms with van der Waals surface area (Å²) in [6.45, 7) is 7.57. The lowest BCUT2D eigenvalue weighted by atomic mass is 10.0. The zero-order valence-corrected chi connectivity index (χ0v) is 14.6. The number of carbonyl (C=O) groups excluding carboxylic acids is 1. The van der Waals surface area contributed by atoms with Crippen molar-refractivity contribution < 1.29 is 9.53 Å². The highest BCUT2D eigenvalue weighted by molar-refractivity contribution is 5.88. The number of aromatic nitrogens is 1. The molecule has 0 atom stereocenters. The first kappa shape index (κ1) is 16.2. The maximum Gasteiger partial charge on any atom is 0.130 e. The van der Waals surface area contributed by atoms with Crippen LogP contribution < -0.4 is 0 Å². The number of hydrogen-bond donors (Lipinski definition) is 0. The summed E-state index contributed by atoms with van der Waals surface area (Å²) in [6, 6.07) is 4.68. The van der Waals surface area contributed by atoms with E-state index in [9.17, 15) is 4.79 Å². The molecule has 2 aromatic rings. The van der Waals surface area contributed by atoms with Crippen LogP contribution in [0.4, 0.5) is 0 Å². The maximum absolute atomic E-state index is 11.4. The van der Waals surface area contributed by atoms with Crippen LogP contribution >= 0.6 is 0 Å². The number of methoxy groups -OCH3 is 1. The highest BCUT2D eigenvalue weighted by atomic mass is 16.5. The number of nitrogens with zero attached hydrogens (tertiary/aromatic N) is 2. The van der Waals surface area contributed by atoms with Crippen LogP contribution in [-0.2, 0) is 36.1 Å². The number of fused-ring (bicyclic) bond motifs is 2. The highest BCUT2D eigenvalue weighted by Crippen LogP contribution is 2.32. The molecule has 0 aliphatic carbocycles. The zero-order valence-electron chi connectivity index (χ0n) is 14.6. The first-order chi connectivity index (χ1) is 11.0. The number of aryl methyl sites for hydroxylation is 2. The van der Waals surface area contributed by atoms with E-state index >= 15 is 0 Å². The van der Waals surface area contributed by atoms with Crippen molar-refractivity contribution >= 4 is 16.7 Å². The summed E-state index contributed by atoms with van der Waals surface area (Å²) in [5.41, 5.74) is 6.74. The third-order valence-electron chi connectivity index (χ3n) is 5.07. The van der Waals surface area contributed by atoms with E-state index in [1.807, 2.05) is 0 Å². The first-order valence-electron chi connectivity index (χ1n) is 8.31. The van der Waals surface area contributed by atoms with Crippen LogP contribution in [0.1, 0.15) is 35.7 Å². The monoisotopic (exact) mass is 314 g/mol. The van der Waals surface area contributed by atoms with E-state index in [0.717, 1.165) is 32.7 Å². The number of rotatable bonds is 6. The van der Waals surface area contributed by atoms with E-state index in [1.165, 1.54) is 33.3 Å². The SMILES string of the molecule is COCCN1Cc2cc3c(CCC(C)=O)c(C)n(C)c3cc2C1. The van der Waals surface area contributed by atoms with Crippen molar-refractivity contribution in [3.8, 4) is 0 Å². The minimum Gasteiger partial charge on any atom is -0.383 e.